The van der Waals surface area contributed by atoms with Gasteiger partial charge in [-0.25, -0.2) is 4.99 Å². The maximum atomic E-state index is 12.2. The number of hydrogen-bond acceptors (Lipinski definition) is 3. The zero-order valence-corrected chi connectivity index (χ0v) is 16.3. The van der Waals surface area contributed by atoms with Crippen LogP contribution in [-0.4, -0.2) is 45.5 Å². The van der Waals surface area contributed by atoms with E-state index in [0.717, 1.165) is 16.9 Å². The van der Waals surface area contributed by atoms with Gasteiger partial charge < -0.3 is 20.1 Å². The first-order valence-corrected chi connectivity index (χ1v) is 9.16. The highest BCUT2D eigenvalue weighted by molar-refractivity contribution is 5.79. The molecule has 0 saturated carbocycles. The minimum Gasteiger partial charge on any atom is -0.491 e. The van der Waals surface area contributed by atoms with Crippen LogP contribution in [0.2, 0.25) is 0 Å². The van der Waals surface area contributed by atoms with Gasteiger partial charge in [-0.1, -0.05) is 12.1 Å². The van der Waals surface area contributed by atoms with E-state index < -0.39 is 12.6 Å². The number of hydrogen-bond donors (Lipinski definition) is 2. The molecule has 1 aromatic carbocycles. The van der Waals surface area contributed by atoms with Crippen molar-refractivity contribution >= 4 is 5.96 Å². The lowest BCUT2D eigenvalue weighted by atomic mass is 10.1. The molecule has 1 rings (SSSR count). The number of methoxy groups -OCH3 is 1. The number of aryl methyl sites for hydroxylation is 1. The van der Waals surface area contributed by atoms with Gasteiger partial charge in [-0.3, -0.25) is 0 Å². The van der Waals surface area contributed by atoms with Gasteiger partial charge in [0.25, 0.3) is 0 Å². The molecule has 1 aromatic rings. The third-order valence-electron chi connectivity index (χ3n) is 3.70. The van der Waals surface area contributed by atoms with E-state index in [4.69, 9.17) is 9.47 Å². The van der Waals surface area contributed by atoms with Crippen molar-refractivity contribution in [3.05, 3.63) is 29.3 Å². The molecule has 0 amide bonds. The van der Waals surface area contributed by atoms with Gasteiger partial charge in [0.2, 0.25) is 0 Å². The normalized spacial score (nSPS) is 12.1. The number of halogens is 3. The van der Waals surface area contributed by atoms with Crippen molar-refractivity contribution in [2.75, 3.05) is 33.4 Å². The number of ether oxygens (including phenoxy) is 2. The summed E-state index contributed by atoms with van der Waals surface area (Å²) in [5.74, 6) is 1.34. The summed E-state index contributed by atoms with van der Waals surface area (Å²) >= 11 is 0. The van der Waals surface area contributed by atoms with Crippen LogP contribution in [0.25, 0.3) is 0 Å². The number of nitrogens with one attached hydrogen (secondary N) is 2. The fourth-order valence-corrected chi connectivity index (χ4v) is 2.32. The summed E-state index contributed by atoms with van der Waals surface area (Å²) in [6.45, 7) is 6.38. The van der Waals surface area contributed by atoms with E-state index in [1.165, 1.54) is 0 Å². The predicted molar refractivity (Wildman–Crippen MR) is 101 cm³/mol. The molecule has 8 heteroatoms. The van der Waals surface area contributed by atoms with Crippen molar-refractivity contribution in [2.45, 2.75) is 45.8 Å². The van der Waals surface area contributed by atoms with Crippen LogP contribution < -0.4 is 15.4 Å². The van der Waals surface area contributed by atoms with Gasteiger partial charge in [-0.15, -0.1) is 0 Å². The standard InChI is InChI=1S/C19H30F3N3O2/c1-4-23-18(24-10-6-5-9-19(20,21)22)25-14-16-8-7-15(2)13-17(16)27-12-11-26-3/h7-8,13H,4-6,9-12,14H2,1-3H3,(H2,23,24,25). The summed E-state index contributed by atoms with van der Waals surface area (Å²) in [5, 5.41) is 6.17. The van der Waals surface area contributed by atoms with Crippen molar-refractivity contribution in [2.24, 2.45) is 4.99 Å². The van der Waals surface area contributed by atoms with Crippen LogP contribution in [-0.2, 0) is 11.3 Å². The molecule has 0 saturated heterocycles. The Labute approximate surface area is 159 Å². The van der Waals surface area contributed by atoms with E-state index >= 15 is 0 Å². The van der Waals surface area contributed by atoms with Crippen LogP contribution in [0, 0.1) is 6.92 Å². The predicted octanol–water partition coefficient (Wildman–Crippen LogP) is 3.81. The van der Waals surface area contributed by atoms with Gasteiger partial charge >= 0.3 is 6.18 Å². The van der Waals surface area contributed by atoms with Gasteiger partial charge in [0.1, 0.15) is 12.4 Å². The quantitative estimate of drug-likeness (QED) is 0.343. The van der Waals surface area contributed by atoms with Gasteiger partial charge in [-0.05, 0) is 38.3 Å². The molecule has 27 heavy (non-hydrogen) atoms. The Hall–Kier alpha value is -1.96. The van der Waals surface area contributed by atoms with Crippen molar-refractivity contribution in [3.8, 4) is 5.75 Å². The highest BCUT2D eigenvalue weighted by Crippen LogP contribution is 2.22. The molecule has 154 valence electrons. The number of rotatable bonds is 11. The third kappa shape index (κ3) is 10.7. The van der Waals surface area contributed by atoms with Crippen LogP contribution in [0.5, 0.6) is 5.75 Å². The Morgan fingerprint density at radius 3 is 2.59 bits per heavy atom. The molecule has 0 radical (unpaired) electrons. The first kappa shape index (κ1) is 23.1. The molecule has 0 fully saturated rings. The molecule has 0 atom stereocenters. The summed E-state index contributed by atoms with van der Waals surface area (Å²) in [5.41, 5.74) is 2.02. The maximum Gasteiger partial charge on any atom is 0.389 e. The Kier molecular flexibility index (Phi) is 10.6. The highest BCUT2D eigenvalue weighted by Gasteiger charge is 2.25. The van der Waals surface area contributed by atoms with Gasteiger partial charge in [-0.2, -0.15) is 13.2 Å². The minimum atomic E-state index is -4.09. The monoisotopic (exact) mass is 389 g/mol. The largest absolute Gasteiger partial charge is 0.491 e. The lowest BCUT2D eigenvalue weighted by Gasteiger charge is -2.14. The van der Waals surface area contributed by atoms with E-state index in [0.29, 0.717) is 45.2 Å². The molecular weight excluding hydrogens is 359 g/mol. The van der Waals surface area contributed by atoms with Gasteiger partial charge in [0.05, 0.1) is 13.2 Å². The number of benzene rings is 1. The van der Waals surface area contributed by atoms with E-state index in [-0.39, 0.29) is 6.42 Å². The van der Waals surface area contributed by atoms with Crippen LogP contribution in [0.1, 0.15) is 37.3 Å². The summed E-state index contributed by atoms with van der Waals surface area (Å²) in [7, 11) is 1.62. The van der Waals surface area contributed by atoms with Crippen molar-refractivity contribution < 1.29 is 22.6 Å². The minimum absolute atomic E-state index is 0.103. The smallest absolute Gasteiger partial charge is 0.389 e. The van der Waals surface area contributed by atoms with Crippen LogP contribution in [0.3, 0.4) is 0 Å². The number of alkyl halides is 3. The molecule has 0 unspecified atom stereocenters. The number of aliphatic imine (C=N–C) groups is 1. The third-order valence-corrected chi connectivity index (χ3v) is 3.70. The van der Waals surface area contributed by atoms with Crippen LogP contribution in [0.4, 0.5) is 13.2 Å². The van der Waals surface area contributed by atoms with E-state index in [1.54, 1.807) is 7.11 Å². The zero-order valence-electron chi connectivity index (χ0n) is 16.3. The van der Waals surface area contributed by atoms with Gasteiger partial charge in [0.15, 0.2) is 5.96 Å². The lowest BCUT2D eigenvalue weighted by Crippen LogP contribution is -2.37. The summed E-state index contributed by atoms with van der Waals surface area (Å²) in [6.07, 6.45) is -4.32. The molecule has 0 aliphatic rings. The van der Waals surface area contributed by atoms with Gasteiger partial charge in [0, 0.05) is 32.2 Å². The van der Waals surface area contributed by atoms with Crippen LogP contribution in [0.15, 0.2) is 23.2 Å². The van der Waals surface area contributed by atoms with E-state index in [1.807, 2.05) is 32.0 Å². The van der Waals surface area contributed by atoms with Crippen molar-refractivity contribution in [1.82, 2.24) is 10.6 Å². The molecule has 0 bridgehead atoms. The summed E-state index contributed by atoms with van der Waals surface area (Å²) < 4.78 is 47.3. The molecule has 0 spiro atoms. The topological polar surface area (TPSA) is 54.9 Å². The van der Waals surface area contributed by atoms with Crippen molar-refractivity contribution in [3.63, 3.8) is 0 Å². The average Bonchev–Trinajstić information content (AvgIpc) is 2.59. The number of nitrogens with zero attached hydrogens (tertiary/aromatic N) is 1. The summed E-state index contributed by atoms with van der Waals surface area (Å²) in [6, 6.07) is 5.91. The SMILES string of the molecule is CCNC(=NCc1ccc(C)cc1OCCOC)NCCCCC(F)(F)F. The Morgan fingerprint density at radius 1 is 1.15 bits per heavy atom. The fourth-order valence-electron chi connectivity index (χ4n) is 2.32. The molecule has 0 heterocycles. The Bertz CT molecular complexity index is 578. The fraction of sp³-hybridized carbons (Fsp3) is 0.632. The molecule has 0 aliphatic heterocycles. The average molecular weight is 389 g/mol. The second-order valence-corrected chi connectivity index (χ2v) is 6.15. The van der Waals surface area contributed by atoms with Crippen molar-refractivity contribution in [1.29, 1.82) is 0 Å². The van der Waals surface area contributed by atoms with E-state index in [2.05, 4.69) is 15.6 Å². The molecule has 0 aliphatic carbocycles. The maximum absolute atomic E-state index is 12.2. The number of unbranched alkanes of at least 4 members (excludes halogenated alkanes) is 1. The first-order valence-electron chi connectivity index (χ1n) is 9.16. The molecule has 0 aromatic heterocycles. The second-order valence-electron chi connectivity index (χ2n) is 6.15. The second kappa shape index (κ2) is 12.4. The zero-order chi connectivity index (χ0) is 20.1. The Morgan fingerprint density at radius 2 is 1.93 bits per heavy atom. The van der Waals surface area contributed by atoms with E-state index in [9.17, 15) is 13.2 Å². The highest BCUT2D eigenvalue weighted by atomic mass is 19.4. The summed E-state index contributed by atoms with van der Waals surface area (Å²) in [4.78, 5) is 4.51. The van der Waals surface area contributed by atoms with Crippen LogP contribution >= 0.6 is 0 Å². The number of guanidine groups is 1. The first-order chi connectivity index (χ1) is 12.9. The Balaban J connectivity index is 2.60. The molecular formula is C19H30F3N3O2. The lowest BCUT2D eigenvalue weighted by molar-refractivity contribution is -0.135. The molecule has 5 nitrogen and oxygen atoms in total. The molecule has 2 N–H and O–H groups in total.